The first-order valence-corrected chi connectivity index (χ1v) is 5.75. The Morgan fingerprint density at radius 2 is 2.24 bits per heavy atom. The highest BCUT2D eigenvalue weighted by atomic mass is 79.9. The molecule has 0 aliphatic carbocycles. The summed E-state index contributed by atoms with van der Waals surface area (Å²) in [6, 6.07) is 4.11. The van der Waals surface area contributed by atoms with Crippen LogP contribution < -0.4 is 16.0 Å². The molecular weight excluding hydrogens is 291 g/mol. The number of carbonyl (C=O) groups is 1. The highest BCUT2D eigenvalue weighted by Crippen LogP contribution is 2.27. The number of hydrogen-bond donors (Lipinski definition) is 2. The van der Waals surface area contributed by atoms with Crippen molar-refractivity contribution in [2.45, 2.75) is 13.8 Å². The Morgan fingerprint density at radius 1 is 1.59 bits per heavy atom. The number of carbonyl (C=O) groups excluding carboxylic acids is 1. The number of hydrogen-bond acceptors (Lipinski definition) is 3. The van der Waals surface area contributed by atoms with Crippen molar-refractivity contribution >= 4 is 21.8 Å². The fourth-order valence-corrected chi connectivity index (χ4v) is 1.47. The number of nitrogens with one attached hydrogen (secondary N) is 1. The minimum atomic E-state index is -0.791. The minimum Gasteiger partial charge on any atom is -0.491 e. The summed E-state index contributed by atoms with van der Waals surface area (Å²) < 4.78 is 19.0. The van der Waals surface area contributed by atoms with Gasteiger partial charge in [0.1, 0.15) is 18.2 Å². The van der Waals surface area contributed by atoms with Crippen molar-refractivity contribution < 1.29 is 13.9 Å². The minimum absolute atomic E-state index is 0.0953. The van der Waals surface area contributed by atoms with Crippen LogP contribution in [0.4, 0.5) is 4.39 Å². The predicted octanol–water partition coefficient (Wildman–Crippen LogP) is 1.98. The molecule has 17 heavy (non-hydrogen) atoms. The first-order chi connectivity index (χ1) is 7.86. The zero-order valence-electron chi connectivity index (χ0n) is 9.59. The summed E-state index contributed by atoms with van der Waals surface area (Å²) in [6.45, 7) is 3.46. The van der Waals surface area contributed by atoms with Crippen molar-refractivity contribution in [2.75, 3.05) is 6.61 Å². The van der Waals surface area contributed by atoms with E-state index in [-0.39, 0.29) is 12.5 Å². The van der Waals surface area contributed by atoms with Crippen LogP contribution in [0.3, 0.4) is 0 Å². The van der Waals surface area contributed by atoms with Crippen LogP contribution in [0.15, 0.2) is 22.7 Å². The van der Waals surface area contributed by atoms with E-state index >= 15 is 0 Å². The normalized spacial score (nSPS) is 11.1. The molecule has 0 saturated heterocycles. The molecule has 0 aromatic heterocycles. The van der Waals surface area contributed by atoms with Crippen molar-refractivity contribution in [2.24, 2.45) is 11.3 Å². The Labute approximate surface area is 107 Å². The van der Waals surface area contributed by atoms with Gasteiger partial charge in [-0.3, -0.25) is 10.2 Å². The van der Waals surface area contributed by atoms with Gasteiger partial charge in [-0.15, -0.1) is 0 Å². The number of rotatable bonds is 4. The van der Waals surface area contributed by atoms with Crippen molar-refractivity contribution in [1.29, 1.82) is 0 Å². The smallest absolute Gasteiger partial charge is 0.242 e. The van der Waals surface area contributed by atoms with Crippen LogP contribution >= 0.6 is 15.9 Å². The molecule has 0 unspecified atom stereocenters. The summed E-state index contributed by atoms with van der Waals surface area (Å²) in [5.41, 5.74) is 1.27. The molecule has 0 atom stereocenters. The van der Waals surface area contributed by atoms with E-state index in [1.54, 1.807) is 19.9 Å². The molecule has 0 heterocycles. The quantitative estimate of drug-likeness (QED) is 0.508. The lowest BCUT2D eigenvalue weighted by Gasteiger charge is -2.22. The summed E-state index contributed by atoms with van der Waals surface area (Å²) in [6.07, 6.45) is 0. The Hall–Kier alpha value is -1.14. The van der Waals surface area contributed by atoms with E-state index in [1.807, 2.05) is 0 Å². The average molecular weight is 305 g/mol. The van der Waals surface area contributed by atoms with Gasteiger partial charge in [0, 0.05) is 6.07 Å². The second-order valence-corrected chi connectivity index (χ2v) is 5.08. The summed E-state index contributed by atoms with van der Waals surface area (Å²) in [5, 5.41) is 0. The topological polar surface area (TPSA) is 64.3 Å². The third-order valence-electron chi connectivity index (χ3n) is 2.23. The number of amides is 1. The van der Waals surface area contributed by atoms with Crippen LogP contribution in [0.2, 0.25) is 0 Å². The first kappa shape index (κ1) is 13.9. The van der Waals surface area contributed by atoms with E-state index in [9.17, 15) is 9.18 Å². The van der Waals surface area contributed by atoms with Gasteiger partial charge in [-0.1, -0.05) is 0 Å². The van der Waals surface area contributed by atoms with Gasteiger partial charge >= 0.3 is 0 Å². The number of hydrazine groups is 1. The average Bonchev–Trinajstić information content (AvgIpc) is 2.29. The molecule has 0 spiro atoms. The summed E-state index contributed by atoms with van der Waals surface area (Å²) in [7, 11) is 0. The highest BCUT2D eigenvalue weighted by molar-refractivity contribution is 9.10. The Morgan fingerprint density at radius 3 is 2.82 bits per heavy atom. The van der Waals surface area contributed by atoms with E-state index in [4.69, 9.17) is 10.6 Å². The fourth-order valence-electron chi connectivity index (χ4n) is 1.11. The van der Waals surface area contributed by atoms with Crippen molar-refractivity contribution in [3.05, 3.63) is 28.5 Å². The maximum atomic E-state index is 13.0. The molecule has 0 radical (unpaired) electrons. The maximum Gasteiger partial charge on any atom is 0.242 e. The molecule has 0 fully saturated rings. The molecule has 94 valence electrons. The molecule has 0 bridgehead atoms. The van der Waals surface area contributed by atoms with E-state index in [0.29, 0.717) is 10.2 Å². The Kier molecular flexibility index (Phi) is 4.47. The van der Waals surface area contributed by atoms with E-state index in [0.717, 1.165) is 0 Å². The van der Waals surface area contributed by atoms with Crippen LogP contribution in [0.5, 0.6) is 5.75 Å². The van der Waals surface area contributed by atoms with Crippen LogP contribution in [0.1, 0.15) is 13.8 Å². The Balaban J connectivity index is 2.73. The molecule has 0 saturated carbocycles. The lowest BCUT2D eigenvalue weighted by molar-refractivity contribution is -0.130. The number of halogens is 2. The zero-order chi connectivity index (χ0) is 13.1. The first-order valence-electron chi connectivity index (χ1n) is 4.96. The van der Waals surface area contributed by atoms with Gasteiger partial charge in [0.05, 0.1) is 9.89 Å². The zero-order valence-corrected chi connectivity index (χ0v) is 11.2. The van der Waals surface area contributed by atoms with Crippen LogP contribution in [0, 0.1) is 11.2 Å². The third-order valence-corrected chi connectivity index (χ3v) is 2.88. The molecular formula is C11H14BrFN2O2. The summed E-state index contributed by atoms with van der Waals surface area (Å²) in [5.74, 6) is 4.67. The molecule has 1 rings (SSSR count). The van der Waals surface area contributed by atoms with E-state index in [2.05, 4.69) is 21.4 Å². The lowest BCUT2D eigenvalue weighted by atomic mass is 9.94. The highest BCUT2D eigenvalue weighted by Gasteiger charge is 2.28. The van der Waals surface area contributed by atoms with Crippen molar-refractivity contribution in [3.8, 4) is 5.75 Å². The molecule has 1 aromatic rings. The monoisotopic (exact) mass is 304 g/mol. The van der Waals surface area contributed by atoms with Crippen molar-refractivity contribution in [3.63, 3.8) is 0 Å². The van der Waals surface area contributed by atoms with E-state index < -0.39 is 11.2 Å². The van der Waals surface area contributed by atoms with Gasteiger partial charge < -0.3 is 4.74 Å². The van der Waals surface area contributed by atoms with Crippen molar-refractivity contribution in [1.82, 2.24) is 5.43 Å². The van der Waals surface area contributed by atoms with Gasteiger partial charge in [-0.05, 0) is 41.9 Å². The van der Waals surface area contributed by atoms with Crippen LogP contribution in [-0.2, 0) is 4.79 Å². The number of nitrogens with two attached hydrogens (primary N) is 1. The molecule has 0 aliphatic rings. The second kappa shape index (κ2) is 5.46. The summed E-state index contributed by atoms with van der Waals surface area (Å²) in [4.78, 5) is 11.4. The van der Waals surface area contributed by atoms with Gasteiger partial charge in [0.25, 0.3) is 0 Å². The van der Waals surface area contributed by atoms with Gasteiger partial charge in [0.15, 0.2) is 0 Å². The van der Waals surface area contributed by atoms with E-state index in [1.165, 1.54) is 12.1 Å². The van der Waals surface area contributed by atoms with Crippen LogP contribution in [0.25, 0.3) is 0 Å². The van der Waals surface area contributed by atoms with Gasteiger partial charge in [-0.25, -0.2) is 10.2 Å². The molecule has 4 nitrogen and oxygen atoms in total. The standard InChI is InChI=1S/C11H14BrFN2O2/c1-11(2,10(16)15-14)6-17-9-5-7(13)3-4-8(9)12/h3-5H,6,14H2,1-2H3,(H,15,16). The second-order valence-electron chi connectivity index (χ2n) is 4.22. The third kappa shape index (κ3) is 3.67. The molecule has 6 heteroatoms. The Bertz CT molecular complexity index is 424. The largest absolute Gasteiger partial charge is 0.491 e. The van der Waals surface area contributed by atoms with Gasteiger partial charge in [0.2, 0.25) is 5.91 Å². The summed E-state index contributed by atoms with van der Waals surface area (Å²) >= 11 is 3.24. The molecule has 1 amide bonds. The molecule has 1 aromatic carbocycles. The number of benzene rings is 1. The van der Waals surface area contributed by atoms with Crippen LogP contribution in [-0.4, -0.2) is 12.5 Å². The predicted molar refractivity (Wildman–Crippen MR) is 65.7 cm³/mol. The molecule has 0 aliphatic heterocycles. The lowest BCUT2D eigenvalue weighted by Crippen LogP contribution is -2.44. The fraction of sp³-hybridized carbons (Fsp3) is 0.364. The molecule has 3 N–H and O–H groups in total. The number of ether oxygens (including phenoxy) is 1. The maximum absolute atomic E-state index is 13.0. The van der Waals surface area contributed by atoms with Gasteiger partial charge in [-0.2, -0.15) is 0 Å². The SMILES string of the molecule is CC(C)(COc1cc(F)ccc1Br)C(=O)NN.